The second-order valence-electron chi connectivity index (χ2n) is 4.78. The highest BCUT2D eigenvalue weighted by molar-refractivity contribution is 6.06. The molecule has 0 aliphatic heterocycles. The highest BCUT2D eigenvalue weighted by Crippen LogP contribution is 2.18. The Labute approximate surface area is 124 Å². The van der Waals surface area contributed by atoms with Gasteiger partial charge in [0.05, 0.1) is 5.56 Å². The molecule has 2 aromatic carbocycles. The zero-order chi connectivity index (χ0) is 15.7. The predicted octanol–water partition coefficient (Wildman–Crippen LogP) is 2.66. The van der Waals surface area contributed by atoms with E-state index in [0.717, 1.165) is 17.0 Å². The molecule has 4 N–H and O–H groups in total. The minimum Gasteiger partial charge on any atom is -0.366 e. The van der Waals surface area contributed by atoms with E-state index in [9.17, 15) is 14.0 Å². The number of nitrogens with one attached hydrogen (secondary N) is 2. The number of anilines is 1. The third-order valence-corrected chi connectivity index (χ3v) is 3.26. The molecule has 1 heterocycles. The number of para-hydroxylation sites is 1. The molecule has 22 heavy (non-hydrogen) atoms. The molecular weight excluding hydrogens is 285 g/mol. The van der Waals surface area contributed by atoms with Crippen LogP contribution in [-0.2, 0) is 0 Å². The molecule has 0 spiro atoms. The van der Waals surface area contributed by atoms with Crippen molar-refractivity contribution < 1.29 is 14.0 Å². The summed E-state index contributed by atoms with van der Waals surface area (Å²) >= 11 is 0. The Morgan fingerprint density at radius 1 is 1.09 bits per heavy atom. The second kappa shape index (κ2) is 5.33. The average Bonchev–Trinajstić information content (AvgIpc) is 2.93. The van der Waals surface area contributed by atoms with E-state index in [-0.39, 0.29) is 5.56 Å². The van der Waals surface area contributed by atoms with Crippen LogP contribution in [0.15, 0.2) is 48.5 Å². The molecule has 0 bridgehead atoms. The maximum Gasteiger partial charge on any atom is 0.272 e. The van der Waals surface area contributed by atoms with Gasteiger partial charge < -0.3 is 16.0 Å². The summed E-state index contributed by atoms with van der Waals surface area (Å²) in [6, 6.07) is 12.8. The number of halogens is 1. The number of fused-ring (bicyclic) bond motifs is 1. The quantitative estimate of drug-likeness (QED) is 0.694. The summed E-state index contributed by atoms with van der Waals surface area (Å²) < 4.78 is 13.4. The molecule has 0 atom stereocenters. The number of aromatic amines is 1. The summed E-state index contributed by atoms with van der Waals surface area (Å²) in [5.74, 6) is -2.01. The molecule has 3 aromatic rings. The highest BCUT2D eigenvalue weighted by atomic mass is 19.1. The number of amides is 2. The third-order valence-electron chi connectivity index (χ3n) is 3.26. The van der Waals surface area contributed by atoms with Crippen LogP contribution in [0.1, 0.15) is 20.8 Å². The largest absolute Gasteiger partial charge is 0.366 e. The van der Waals surface area contributed by atoms with Crippen molar-refractivity contribution in [3.63, 3.8) is 0 Å². The van der Waals surface area contributed by atoms with Crippen LogP contribution in [0.25, 0.3) is 10.9 Å². The first-order valence-electron chi connectivity index (χ1n) is 6.53. The Hall–Kier alpha value is -3.15. The van der Waals surface area contributed by atoms with E-state index >= 15 is 0 Å². The van der Waals surface area contributed by atoms with E-state index < -0.39 is 17.6 Å². The normalized spacial score (nSPS) is 10.6. The summed E-state index contributed by atoms with van der Waals surface area (Å²) in [7, 11) is 0. The smallest absolute Gasteiger partial charge is 0.272 e. The Kier molecular flexibility index (Phi) is 3.34. The fraction of sp³-hybridized carbons (Fsp3) is 0. The molecule has 0 radical (unpaired) electrons. The minimum absolute atomic E-state index is 0.269. The Morgan fingerprint density at radius 2 is 1.86 bits per heavy atom. The number of primary amides is 1. The molecule has 3 rings (SSSR count). The van der Waals surface area contributed by atoms with E-state index in [2.05, 4.69) is 10.3 Å². The van der Waals surface area contributed by atoms with Crippen LogP contribution >= 0.6 is 0 Å². The zero-order valence-corrected chi connectivity index (χ0v) is 11.4. The number of hydrogen-bond donors (Lipinski definition) is 3. The lowest BCUT2D eigenvalue weighted by Gasteiger charge is -2.06. The van der Waals surface area contributed by atoms with Gasteiger partial charge in [0, 0.05) is 16.6 Å². The predicted molar refractivity (Wildman–Crippen MR) is 81.2 cm³/mol. The van der Waals surface area contributed by atoms with Crippen molar-refractivity contribution in [3.05, 3.63) is 65.6 Å². The lowest BCUT2D eigenvalue weighted by Crippen LogP contribution is -2.16. The second-order valence-corrected chi connectivity index (χ2v) is 4.78. The van der Waals surface area contributed by atoms with Crippen LogP contribution in [0.5, 0.6) is 0 Å². The maximum absolute atomic E-state index is 13.4. The molecule has 0 saturated heterocycles. The summed E-state index contributed by atoms with van der Waals surface area (Å²) in [4.78, 5) is 26.3. The van der Waals surface area contributed by atoms with Crippen molar-refractivity contribution in [3.8, 4) is 0 Å². The van der Waals surface area contributed by atoms with Crippen LogP contribution in [0, 0.1) is 5.82 Å². The van der Waals surface area contributed by atoms with Crippen molar-refractivity contribution >= 4 is 28.4 Å². The van der Waals surface area contributed by atoms with Crippen molar-refractivity contribution in [2.75, 3.05) is 5.32 Å². The van der Waals surface area contributed by atoms with Crippen molar-refractivity contribution in [1.82, 2.24) is 4.98 Å². The van der Waals surface area contributed by atoms with Gasteiger partial charge >= 0.3 is 0 Å². The van der Waals surface area contributed by atoms with Crippen LogP contribution in [0.2, 0.25) is 0 Å². The van der Waals surface area contributed by atoms with Crippen LogP contribution in [0.4, 0.5) is 10.1 Å². The first-order chi connectivity index (χ1) is 10.5. The monoisotopic (exact) mass is 297 g/mol. The SMILES string of the molecule is NC(=O)c1cc(NC(=O)c2cc3ccccc3[nH]2)ccc1F. The third kappa shape index (κ3) is 2.54. The number of rotatable bonds is 3. The van der Waals surface area contributed by atoms with Gasteiger partial charge in [-0.1, -0.05) is 18.2 Å². The Bertz CT molecular complexity index is 853. The molecule has 5 nitrogen and oxygen atoms in total. The Morgan fingerprint density at radius 3 is 2.59 bits per heavy atom. The van der Waals surface area contributed by atoms with E-state index in [0.29, 0.717) is 11.4 Å². The molecule has 0 unspecified atom stereocenters. The number of benzene rings is 2. The topological polar surface area (TPSA) is 88.0 Å². The van der Waals surface area contributed by atoms with Crippen LogP contribution in [0.3, 0.4) is 0 Å². The van der Waals surface area contributed by atoms with Gasteiger partial charge in [-0.25, -0.2) is 4.39 Å². The number of nitrogens with two attached hydrogens (primary N) is 1. The molecule has 0 aliphatic carbocycles. The van der Waals surface area contributed by atoms with E-state index in [1.165, 1.54) is 12.1 Å². The van der Waals surface area contributed by atoms with Gasteiger partial charge in [-0.3, -0.25) is 9.59 Å². The number of aromatic nitrogens is 1. The van der Waals surface area contributed by atoms with Gasteiger partial charge in [0.25, 0.3) is 11.8 Å². The number of carbonyl (C=O) groups is 2. The summed E-state index contributed by atoms with van der Waals surface area (Å²) in [6.07, 6.45) is 0. The van der Waals surface area contributed by atoms with E-state index in [4.69, 9.17) is 5.73 Å². The van der Waals surface area contributed by atoms with Crippen LogP contribution in [-0.4, -0.2) is 16.8 Å². The highest BCUT2D eigenvalue weighted by Gasteiger charge is 2.13. The molecule has 0 saturated carbocycles. The van der Waals surface area contributed by atoms with Crippen molar-refractivity contribution in [2.24, 2.45) is 5.73 Å². The summed E-state index contributed by atoms with van der Waals surface area (Å²) in [6.45, 7) is 0. The van der Waals surface area contributed by atoms with Gasteiger partial charge in [0.1, 0.15) is 11.5 Å². The van der Waals surface area contributed by atoms with Gasteiger partial charge in [-0.2, -0.15) is 0 Å². The molecular formula is C16H12FN3O2. The minimum atomic E-state index is -0.890. The van der Waals surface area contributed by atoms with Crippen LogP contribution < -0.4 is 11.1 Å². The van der Waals surface area contributed by atoms with E-state index in [1.54, 1.807) is 6.07 Å². The van der Waals surface area contributed by atoms with Crippen molar-refractivity contribution in [1.29, 1.82) is 0 Å². The van der Waals surface area contributed by atoms with Gasteiger partial charge in [-0.15, -0.1) is 0 Å². The summed E-state index contributed by atoms with van der Waals surface area (Å²) in [5.41, 5.74) is 6.30. The van der Waals surface area contributed by atoms with Crippen molar-refractivity contribution in [2.45, 2.75) is 0 Å². The molecule has 6 heteroatoms. The standard InChI is InChI=1S/C16H12FN3O2/c17-12-6-5-10(8-11(12)15(18)21)19-16(22)14-7-9-3-1-2-4-13(9)20-14/h1-8,20H,(H2,18,21)(H,19,22). The number of carbonyl (C=O) groups excluding carboxylic acids is 2. The molecule has 2 amide bonds. The fourth-order valence-corrected chi connectivity index (χ4v) is 2.19. The fourth-order valence-electron chi connectivity index (χ4n) is 2.19. The number of H-pyrrole nitrogens is 1. The first-order valence-corrected chi connectivity index (χ1v) is 6.53. The zero-order valence-electron chi connectivity index (χ0n) is 11.4. The van der Waals surface area contributed by atoms with E-state index in [1.807, 2.05) is 24.3 Å². The molecule has 0 fully saturated rings. The maximum atomic E-state index is 13.4. The molecule has 1 aromatic heterocycles. The lowest BCUT2D eigenvalue weighted by molar-refractivity contribution is 0.0992. The van der Waals surface area contributed by atoms with Gasteiger partial charge in [-0.05, 0) is 30.3 Å². The lowest BCUT2D eigenvalue weighted by atomic mass is 10.1. The first kappa shape index (κ1) is 13.8. The molecule has 0 aliphatic rings. The Balaban J connectivity index is 1.87. The van der Waals surface area contributed by atoms with Gasteiger partial charge in [0.15, 0.2) is 0 Å². The average molecular weight is 297 g/mol. The summed E-state index contributed by atoms with van der Waals surface area (Å²) in [5, 5.41) is 3.50. The number of hydrogen-bond acceptors (Lipinski definition) is 2. The van der Waals surface area contributed by atoms with Gasteiger partial charge in [0.2, 0.25) is 0 Å². The molecule has 110 valence electrons.